The zero-order chi connectivity index (χ0) is 22.1. The monoisotopic (exact) mass is 489 g/mol. The summed E-state index contributed by atoms with van der Waals surface area (Å²) in [5.41, 5.74) is 6.79. The van der Waals surface area contributed by atoms with Crippen LogP contribution >= 0.6 is 15.9 Å². The SMILES string of the molecule is FC(F)(F)Oc1cccc(CBr)c1.NC(CO)Cc1cccc(OC(F)(F)F)c1. The molecule has 2 aromatic rings. The van der Waals surface area contributed by atoms with E-state index in [-0.39, 0.29) is 18.1 Å². The molecular formula is C18H18BrF6NO3. The van der Waals surface area contributed by atoms with Crippen molar-refractivity contribution in [3.63, 3.8) is 0 Å². The molecule has 0 saturated heterocycles. The Hall–Kier alpha value is -1.98. The highest BCUT2D eigenvalue weighted by molar-refractivity contribution is 9.08. The molecule has 0 spiro atoms. The molecule has 0 heterocycles. The Kier molecular flexibility index (Phi) is 9.74. The first-order valence-corrected chi connectivity index (χ1v) is 9.16. The number of aliphatic hydroxyl groups excluding tert-OH is 1. The molecule has 0 radical (unpaired) electrons. The molecule has 2 aromatic carbocycles. The topological polar surface area (TPSA) is 64.7 Å². The van der Waals surface area contributed by atoms with Crippen LogP contribution in [0.25, 0.3) is 0 Å². The minimum Gasteiger partial charge on any atom is -0.406 e. The molecule has 0 amide bonds. The number of halogens is 7. The Balaban J connectivity index is 0.000000296. The molecule has 0 aliphatic rings. The predicted octanol–water partition coefficient (Wildman–Crippen LogP) is 4.93. The molecule has 0 bridgehead atoms. The van der Waals surface area contributed by atoms with Crippen molar-refractivity contribution < 1.29 is 40.9 Å². The summed E-state index contributed by atoms with van der Waals surface area (Å²) >= 11 is 3.13. The highest BCUT2D eigenvalue weighted by Crippen LogP contribution is 2.24. The summed E-state index contributed by atoms with van der Waals surface area (Å²) in [5.74, 6) is -0.473. The van der Waals surface area contributed by atoms with Crippen LogP contribution in [0.1, 0.15) is 11.1 Å². The van der Waals surface area contributed by atoms with Gasteiger partial charge in [0.1, 0.15) is 11.5 Å². The molecule has 2 rings (SSSR count). The fourth-order valence-corrected chi connectivity index (χ4v) is 2.41. The van der Waals surface area contributed by atoms with Gasteiger partial charge in [0.2, 0.25) is 0 Å². The molecule has 162 valence electrons. The minimum absolute atomic E-state index is 0.190. The Morgan fingerprint density at radius 2 is 1.31 bits per heavy atom. The summed E-state index contributed by atoms with van der Waals surface area (Å²) in [6.45, 7) is -0.218. The molecule has 0 aromatic heterocycles. The van der Waals surface area contributed by atoms with E-state index in [1.54, 1.807) is 12.1 Å². The van der Waals surface area contributed by atoms with Gasteiger partial charge < -0.3 is 20.3 Å². The van der Waals surface area contributed by atoms with Gasteiger partial charge in [-0.25, -0.2) is 0 Å². The first-order valence-electron chi connectivity index (χ1n) is 8.03. The standard InChI is InChI=1S/C10H12F3NO2.C8H6BrF3O/c11-10(12,13)16-9-3-1-2-7(5-9)4-8(14)6-15;9-5-6-2-1-3-7(4-6)13-8(10,11)12/h1-3,5,8,15H,4,6,14H2;1-4H,5H2. The summed E-state index contributed by atoms with van der Waals surface area (Å²) in [4.78, 5) is 0. The normalized spacial score (nSPS) is 12.6. The first kappa shape index (κ1) is 25.1. The average Bonchev–Trinajstić information content (AvgIpc) is 2.59. The number of hydrogen-bond acceptors (Lipinski definition) is 4. The van der Waals surface area contributed by atoms with Crippen LogP contribution in [0.2, 0.25) is 0 Å². The molecule has 29 heavy (non-hydrogen) atoms. The number of nitrogens with two attached hydrogens (primary N) is 1. The lowest BCUT2D eigenvalue weighted by Crippen LogP contribution is -2.26. The lowest BCUT2D eigenvalue weighted by Gasteiger charge is -2.11. The molecule has 0 fully saturated rings. The molecule has 3 N–H and O–H groups in total. The fraction of sp³-hybridized carbons (Fsp3) is 0.333. The second-order valence-corrected chi connectivity index (χ2v) is 6.23. The zero-order valence-electron chi connectivity index (χ0n) is 14.8. The van der Waals surface area contributed by atoms with E-state index in [9.17, 15) is 26.3 Å². The van der Waals surface area contributed by atoms with Gasteiger partial charge in [0.25, 0.3) is 0 Å². The van der Waals surface area contributed by atoms with Crippen molar-refractivity contribution in [1.82, 2.24) is 0 Å². The quantitative estimate of drug-likeness (QED) is 0.446. The van der Waals surface area contributed by atoms with Crippen molar-refractivity contribution in [2.24, 2.45) is 5.73 Å². The highest BCUT2D eigenvalue weighted by atomic mass is 79.9. The van der Waals surface area contributed by atoms with E-state index in [0.29, 0.717) is 17.3 Å². The van der Waals surface area contributed by atoms with E-state index in [1.807, 2.05) is 0 Å². The van der Waals surface area contributed by atoms with E-state index in [1.165, 1.54) is 36.4 Å². The third-order valence-electron chi connectivity index (χ3n) is 3.15. The summed E-state index contributed by atoms with van der Waals surface area (Å²) < 4.78 is 78.5. The summed E-state index contributed by atoms with van der Waals surface area (Å²) in [6.07, 6.45) is -9.02. The smallest absolute Gasteiger partial charge is 0.406 e. The van der Waals surface area contributed by atoms with Gasteiger partial charge in [-0.1, -0.05) is 40.2 Å². The number of hydrogen-bond donors (Lipinski definition) is 2. The van der Waals surface area contributed by atoms with E-state index in [0.717, 1.165) is 5.56 Å². The molecule has 1 atom stereocenters. The van der Waals surface area contributed by atoms with Crippen LogP contribution in [0.5, 0.6) is 11.5 Å². The van der Waals surface area contributed by atoms with Gasteiger partial charge in [0.15, 0.2) is 0 Å². The minimum atomic E-state index is -4.70. The maximum absolute atomic E-state index is 11.9. The van der Waals surface area contributed by atoms with E-state index >= 15 is 0 Å². The van der Waals surface area contributed by atoms with Gasteiger partial charge in [0.05, 0.1) is 6.61 Å². The van der Waals surface area contributed by atoms with Crippen LogP contribution in [0.15, 0.2) is 48.5 Å². The van der Waals surface area contributed by atoms with E-state index < -0.39 is 18.8 Å². The Bertz CT molecular complexity index is 755. The first-order chi connectivity index (χ1) is 13.4. The largest absolute Gasteiger partial charge is 0.573 e. The molecule has 0 aliphatic carbocycles. The van der Waals surface area contributed by atoms with Gasteiger partial charge in [-0.3, -0.25) is 0 Å². The Labute approximate surface area is 171 Å². The van der Waals surface area contributed by atoms with Gasteiger partial charge >= 0.3 is 12.7 Å². The van der Waals surface area contributed by atoms with Crippen molar-refractivity contribution >= 4 is 15.9 Å². The van der Waals surface area contributed by atoms with Crippen LogP contribution in [-0.4, -0.2) is 30.5 Å². The lowest BCUT2D eigenvalue weighted by molar-refractivity contribution is -0.275. The number of ether oxygens (including phenoxy) is 2. The molecule has 0 aliphatic heterocycles. The average molecular weight is 490 g/mol. The van der Waals surface area contributed by atoms with Crippen LogP contribution in [-0.2, 0) is 11.8 Å². The van der Waals surface area contributed by atoms with Crippen molar-refractivity contribution in [2.75, 3.05) is 6.61 Å². The number of aliphatic hydroxyl groups is 1. The van der Waals surface area contributed by atoms with Crippen molar-refractivity contribution in [2.45, 2.75) is 30.5 Å². The maximum Gasteiger partial charge on any atom is 0.573 e. The lowest BCUT2D eigenvalue weighted by atomic mass is 10.1. The number of benzene rings is 2. The summed E-state index contributed by atoms with van der Waals surface area (Å²) in [6, 6.07) is 10.9. The molecule has 1 unspecified atom stereocenters. The van der Waals surface area contributed by atoms with E-state index in [2.05, 4.69) is 25.4 Å². The van der Waals surface area contributed by atoms with Crippen molar-refractivity contribution in [1.29, 1.82) is 0 Å². The van der Waals surface area contributed by atoms with Gasteiger partial charge in [-0.2, -0.15) is 0 Å². The van der Waals surface area contributed by atoms with Crippen LogP contribution in [0.4, 0.5) is 26.3 Å². The van der Waals surface area contributed by atoms with Crippen LogP contribution in [0.3, 0.4) is 0 Å². The summed E-state index contributed by atoms with van der Waals surface area (Å²) in [5, 5.41) is 9.22. The second-order valence-electron chi connectivity index (χ2n) is 5.67. The van der Waals surface area contributed by atoms with Crippen LogP contribution < -0.4 is 15.2 Å². The third-order valence-corrected chi connectivity index (χ3v) is 3.80. The second kappa shape index (κ2) is 11.3. The number of alkyl halides is 7. The van der Waals surface area contributed by atoms with Gasteiger partial charge in [-0.05, 0) is 41.8 Å². The highest BCUT2D eigenvalue weighted by Gasteiger charge is 2.31. The molecule has 11 heteroatoms. The molecular weight excluding hydrogens is 472 g/mol. The number of rotatable bonds is 6. The third kappa shape index (κ3) is 11.6. The van der Waals surface area contributed by atoms with E-state index in [4.69, 9.17) is 10.8 Å². The maximum atomic E-state index is 11.9. The van der Waals surface area contributed by atoms with Crippen LogP contribution in [0, 0.1) is 0 Å². The van der Waals surface area contributed by atoms with Gasteiger partial charge in [0, 0.05) is 11.4 Å². The molecule has 4 nitrogen and oxygen atoms in total. The zero-order valence-corrected chi connectivity index (χ0v) is 16.4. The predicted molar refractivity (Wildman–Crippen MR) is 97.6 cm³/mol. The van der Waals surface area contributed by atoms with Crippen molar-refractivity contribution in [3.05, 3.63) is 59.7 Å². The van der Waals surface area contributed by atoms with Crippen molar-refractivity contribution in [3.8, 4) is 11.5 Å². The Morgan fingerprint density at radius 3 is 1.72 bits per heavy atom. The molecule has 0 saturated carbocycles. The Morgan fingerprint density at radius 1 is 0.862 bits per heavy atom. The van der Waals surface area contributed by atoms with Gasteiger partial charge in [-0.15, -0.1) is 26.3 Å². The fourth-order valence-electron chi connectivity index (χ4n) is 2.06. The summed E-state index contributed by atoms with van der Waals surface area (Å²) in [7, 11) is 0.